The third-order valence-corrected chi connectivity index (χ3v) is 5.62. The van der Waals surface area contributed by atoms with Crippen molar-refractivity contribution in [2.24, 2.45) is 5.92 Å². The Balaban J connectivity index is 1.74. The summed E-state index contributed by atoms with van der Waals surface area (Å²) < 4.78 is 32.1. The lowest BCUT2D eigenvalue weighted by Gasteiger charge is -2.22. The number of rotatable bonds is 7. The van der Waals surface area contributed by atoms with Crippen LogP contribution in [0.5, 0.6) is 0 Å². The molecule has 1 fully saturated rings. The molecule has 0 spiro atoms. The van der Waals surface area contributed by atoms with Gasteiger partial charge in [0.15, 0.2) is 0 Å². The smallest absolute Gasteiger partial charge is 0.211 e. The summed E-state index contributed by atoms with van der Waals surface area (Å²) in [6.07, 6.45) is 2.51. The molecule has 0 radical (unpaired) electrons. The van der Waals surface area contributed by atoms with Gasteiger partial charge < -0.3 is 4.74 Å². The number of benzene rings is 1. The summed E-state index contributed by atoms with van der Waals surface area (Å²) in [4.78, 5) is 0. The molecule has 0 amide bonds. The Bertz CT molecular complexity index is 510. The van der Waals surface area contributed by atoms with Crippen molar-refractivity contribution in [1.82, 2.24) is 4.72 Å². The first-order valence-corrected chi connectivity index (χ1v) is 9.32. The Labute approximate surface area is 127 Å². The van der Waals surface area contributed by atoms with Gasteiger partial charge in [-0.3, -0.25) is 0 Å². The topological polar surface area (TPSA) is 55.4 Å². The van der Waals surface area contributed by atoms with Crippen LogP contribution in [-0.2, 0) is 14.8 Å². The molecular formula is C16H25NO3S. The van der Waals surface area contributed by atoms with Gasteiger partial charge in [-0.2, -0.15) is 0 Å². The third kappa shape index (κ3) is 5.77. The van der Waals surface area contributed by atoms with Crippen molar-refractivity contribution < 1.29 is 13.2 Å². The molecule has 1 unspecified atom stereocenters. The molecule has 1 saturated heterocycles. The summed E-state index contributed by atoms with van der Waals surface area (Å²) in [5, 5.41) is 0. The van der Waals surface area contributed by atoms with Crippen molar-refractivity contribution in [3.05, 3.63) is 35.9 Å². The summed E-state index contributed by atoms with van der Waals surface area (Å²) in [5.41, 5.74) is 1.25. The van der Waals surface area contributed by atoms with E-state index in [4.69, 9.17) is 4.74 Å². The molecule has 118 valence electrons. The highest BCUT2D eigenvalue weighted by Crippen LogP contribution is 2.19. The van der Waals surface area contributed by atoms with Gasteiger partial charge in [0, 0.05) is 19.8 Å². The zero-order valence-electron chi connectivity index (χ0n) is 12.6. The van der Waals surface area contributed by atoms with Crippen LogP contribution in [0.1, 0.15) is 37.7 Å². The van der Waals surface area contributed by atoms with Crippen LogP contribution in [0.4, 0.5) is 0 Å². The average Bonchev–Trinajstić information content (AvgIpc) is 2.48. The maximum Gasteiger partial charge on any atom is 0.211 e. The minimum Gasteiger partial charge on any atom is -0.381 e. The van der Waals surface area contributed by atoms with Gasteiger partial charge in [-0.05, 0) is 36.7 Å². The van der Waals surface area contributed by atoms with E-state index in [0.29, 0.717) is 25.7 Å². The van der Waals surface area contributed by atoms with Crippen LogP contribution >= 0.6 is 0 Å². The van der Waals surface area contributed by atoms with Gasteiger partial charge in [-0.1, -0.05) is 37.3 Å². The van der Waals surface area contributed by atoms with Gasteiger partial charge in [-0.25, -0.2) is 13.1 Å². The van der Waals surface area contributed by atoms with Crippen LogP contribution in [0.3, 0.4) is 0 Å². The van der Waals surface area contributed by atoms with E-state index in [1.54, 1.807) is 0 Å². The number of hydrogen-bond donors (Lipinski definition) is 1. The molecule has 1 N–H and O–H groups in total. The maximum atomic E-state index is 12.1. The van der Waals surface area contributed by atoms with Gasteiger partial charge in [0.2, 0.25) is 10.0 Å². The number of nitrogens with one attached hydrogen (secondary N) is 1. The van der Waals surface area contributed by atoms with E-state index in [9.17, 15) is 8.42 Å². The van der Waals surface area contributed by atoms with E-state index in [1.165, 1.54) is 5.56 Å². The monoisotopic (exact) mass is 311 g/mol. The lowest BCUT2D eigenvalue weighted by Crippen LogP contribution is -2.33. The molecule has 0 aromatic heterocycles. The van der Waals surface area contributed by atoms with Crippen molar-refractivity contribution in [3.8, 4) is 0 Å². The van der Waals surface area contributed by atoms with Crippen LogP contribution in [0.25, 0.3) is 0 Å². The Morgan fingerprint density at radius 2 is 1.90 bits per heavy atom. The standard InChI is InChI=1S/C16H25NO3S/c1-14(16-5-3-2-4-6-16)7-10-17-21(18,19)13-15-8-11-20-12-9-15/h2-6,14-15,17H,7-13H2,1H3. The molecule has 21 heavy (non-hydrogen) atoms. The second kappa shape index (κ2) is 7.92. The molecule has 4 nitrogen and oxygen atoms in total. The number of sulfonamides is 1. The molecule has 5 heteroatoms. The normalized spacial score (nSPS) is 18.5. The molecule has 1 aromatic rings. The van der Waals surface area contributed by atoms with E-state index >= 15 is 0 Å². The summed E-state index contributed by atoms with van der Waals surface area (Å²) >= 11 is 0. The molecule has 2 rings (SSSR count). The Hall–Kier alpha value is -0.910. The van der Waals surface area contributed by atoms with Gasteiger partial charge in [0.05, 0.1) is 5.75 Å². The van der Waals surface area contributed by atoms with E-state index in [0.717, 1.165) is 19.3 Å². The van der Waals surface area contributed by atoms with E-state index in [1.807, 2.05) is 18.2 Å². The van der Waals surface area contributed by atoms with Crippen molar-refractivity contribution in [1.29, 1.82) is 0 Å². The zero-order valence-corrected chi connectivity index (χ0v) is 13.4. The van der Waals surface area contributed by atoms with E-state index < -0.39 is 10.0 Å². The van der Waals surface area contributed by atoms with Crippen molar-refractivity contribution in [3.63, 3.8) is 0 Å². The molecule has 0 aliphatic carbocycles. The average molecular weight is 311 g/mol. The van der Waals surface area contributed by atoms with Gasteiger partial charge >= 0.3 is 0 Å². The van der Waals surface area contributed by atoms with Crippen molar-refractivity contribution >= 4 is 10.0 Å². The fourth-order valence-electron chi connectivity index (χ4n) is 2.66. The molecule has 1 atom stereocenters. The number of ether oxygens (including phenoxy) is 1. The SMILES string of the molecule is CC(CCNS(=O)(=O)CC1CCOCC1)c1ccccc1. The fourth-order valence-corrected chi connectivity index (χ4v) is 4.16. The Kier molecular flexibility index (Phi) is 6.21. The largest absolute Gasteiger partial charge is 0.381 e. The Morgan fingerprint density at radius 1 is 1.24 bits per heavy atom. The first-order chi connectivity index (χ1) is 10.1. The van der Waals surface area contributed by atoms with Crippen LogP contribution in [0.2, 0.25) is 0 Å². The highest BCUT2D eigenvalue weighted by molar-refractivity contribution is 7.89. The molecule has 1 heterocycles. The first kappa shape index (κ1) is 16.5. The highest BCUT2D eigenvalue weighted by atomic mass is 32.2. The van der Waals surface area contributed by atoms with Crippen molar-refractivity contribution in [2.75, 3.05) is 25.5 Å². The predicted octanol–water partition coefficient (Wildman–Crippen LogP) is 2.53. The maximum absolute atomic E-state index is 12.1. The lowest BCUT2D eigenvalue weighted by molar-refractivity contribution is 0.0723. The summed E-state index contributed by atoms with van der Waals surface area (Å²) in [6, 6.07) is 10.2. The van der Waals surface area contributed by atoms with Crippen LogP contribution in [-0.4, -0.2) is 33.9 Å². The van der Waals surface area contributed by atoms with Crippen LogP contribution in [0, 0.1) is 5.92 Å². The molecule has 0 bridgehead atoms. The lowest BCUT2D eigenvalue weighted by atomic mass is 9.98. The molecule has 1 aliphatic rings. The fraction of sp³-hybridized carbons (Fsp3) is 0.625. The van der Waals surface area contributed by atoms with Gasteiger partial charge in [0.25, 0.3) is 0 Å². The highest BCUT2D eigenvalue weighted by Gasteiger charge is 2.21. The van der Waals surface area contributed by atoms with Gasteiger partial charge in [0.1, 0.15) is 0 Å². The second-order valence-electron chi connectivity index (χ2n) is 5.83. The molecular weight excluding hydrogens is 286 g/mol. The van der Waals surface area contributed by atoms with E-state index in [2.05, 4.69) is 23.8 Å². The summed E-state index contributed by atoms with van der Waals surface area (Å²) in [5.74, 6) is 0.829. The molecule has 0 saturated carbocycles. The molecule has 1 aliphatic heterocycles. The minimum atomic E-state index is -3.16. The van der Waals surface area contributed by atoms with E-state index in [-0.39, 0.29) is 11.7 Å². The van der Waals surface area contributed by atoms with Crippen LogP contribution in [0.15, 0.2) is 30.3 Å². The Morgan fingerprint density at radius 3 is 2.57 bits per heavy atom. The third-order valence-electron chi connectivity index (χ3n) is 4.06. The number of hydrogen-bond acceptors (Lipinski definition) is 3. The molecule has 1 aromatic carbocycles. The van der Waals surface area contributed by atoms with Gasteiger partial charge in [-0.15, -0.1) is 0 Å². The summed E-state index contributed by atoms with van der Waals surface area (Å²) in [7, 11) is -3.16. The first-order valence-electron chi connectivity index (χ1n) is 7.67. The predicted molar refractivity (Wildman–Crippen MR) is 84.8 cm³/mol. The second-order valence-corrected chi connectivity index (χ2v) is 7.68. The van der Waals surface area contributed by atoms with Crippen molar-refractivity contribution in [2.45, 2.75) is 32.1 Å². The van der Waals surface area contributed by atoms with Crippen LogP contribution < -0.4 is 4.72 Å². The summed E-state index contributed by atoms with van der Waals surface area (Å²) in [6.45, 7) is 4.00. The zero-order chi connectivity index (χ0) is 15.1. The minimum absolute atomic E-state index is 0.232. The quantitative estimate of drug-likeness (QED) is 0.842.